The fraction of sp³-hybridized carbons (Fsp3) is 0.200. The number of methoxy groups -OCH3 is 1. The molecule has 0 unspecified atom stereocenters. The van der Waals surface area contributed by atoms with Crippen molar-refractivity contribution < 1.29 is 14.6 Å². The highest BCUT2D eigenvalue weighted by atomic mass is 16.5. The van der Waals surface area contributed by atoms with E-state index in [9.17, 15) is 4.79 Å². The number of benzene rings is 1. The molecular formula is C10H11NO3. The van der Waals surface area contributed by atoms with E-state index < -0.39 is 5.97 Å². The van der Waals surface area contributed by atoms with E-state index in [0.717, 1.165) is 5.56 Å². The maximum Gasteiger partial charge on any atom is 0.335 e. The fourth-order valence-corrected chi connectivity index (χ4v) is 1.04. The summed E-state index contributed by atoms with van der Waals surface area (Å²) in [6.45, 7) is 1.80. The van der Waals surface area contributed by atoms with Crippen LogP contribution in [0.25, 0.3) is 0 Å². The molecule has 0 saturated heterocycles. The van der Waals surface area contributed by atoms with Gasteiger partial charge in [-0.25, -0.2) is 9.79 Å². The Balaban J connectivity index is 3.01. The third kappa shape index (κ3) is 2.32. The first-order valence-corrected chi connectivity index (χ1v) is 4.04. The van der Waals surface area contributed by atoms with Gasteiger partial charge in [0.2, 0.25) is 0 Å². The van der Waals surface area contributed by atoms with Crippen LogP contribution in [0.2, 0.25) is 0 Å². The number of aliphatic imine (C=N–C) groups is 1. The summed E-state index contributed by atoms with van der Waals surface area (Å²) in [6, 6.07) is 4.73. The third-order valence-electron chi connectivity index (χ3n) is 1.74. The van der Waals surface area contributed by atoms with E-state index >= 15 is 0 Å². The minimum atomic E-state index is -0.935. The molecule has 0 aromatic heterocycles. The molecule has 1 aromatic rings. The van der Waals surface area contributed by atoms with E-state index in [1.54, 1.807) is 19.1 Å². The van der Waals surface area contributed by atoms with Gasteiger partial charge in [0.15, 0.2) is 6.40 Å². The highest BCUT2D eigenvalue weighted by Gasteiger charge is 2.04. The molecule has 0 spiro atoms. The van der Waals surface area contributed by atoms with Crippen molar-refractivity contribution in [2.45, 2.75) is 6.92 Å². The molecular weight excluding hydrogens is 182 g/mol. The molecule has 4 nitrogen and oxygen atoms in total. The summed E-state index contributed by atoms with van der Waals surface area (Å²) >= 11 is 0. The van der Waals surface area contributed by atoms with Crippen molar-refractivity contribution in [3.63, 3.8) is 0 Å². The van der Waals surface area contributed by atoms with Gasteiger partial charge in [0.05, 0.1) is 18.4 Å². The highest BCUT2D eigenvalue weighted by molar-refractivity contribution is 5.88. The normalized spacial score (nSPS) is 10.4. The van der Waals surface area contributed by atoms with E-state index in [-0.39, 0.29) is 5.56 Å². The molecule has 0 fully saturated rings. The summed E-state index contributed by atoms with van der Waals surface area (Å²) in [5.41, 5.74) is 1.77. The second-order valence-electron chi connectivity index (χ2n) is 2.78. The van der Waals surface area contributed by atoms with Crippen LogP contribution in [0.15, 0.2) is 23.2 Å². The molecule has 0 atom stereocenters. The number of hydrogen-bond acceptors (Lipinski definition) is 3. The van der Waals surface area contributed by atoms with Crippen molar-refractivity contribution in [3.8, 4) is 0 Å². The monoisotopic (exact) mass is 193 g/mol. The smallest absolute Gasteiger partial charge is 0.335 e. The summed E-state index contributed by atoms with van der Waals surface area (Å²) in [5.74, 6) is -0.935. The summed E-state index contributed by atoms with van der Waals surface area (Å²) in [5, 5.41) is 8.71. The lowest BCUT2D eigenvalue weighted by Crippen LogP contribution is -1.95. The largest absolute Gasteiger partial charge is 0.486 e. The van der Waals surface area contributed by atoms with Crippen LogP contribution in [0.3, 0.4) is 0 Å². The van der Waals surface area contributed by atoms with Gasteiger partial charge in [-0.2, -0.15) is 0 Å². The van der Waals surface area contributed by atoms with Gasteiger partial charge in [0.25, 0.3) is 0 Å². The SMILES string of the molecule is COC=Nc1ccc(C(=O)O)cc1C. The van der Waals surface area contributed by atoms with Gasteiger partial charge in [0, 0.05) is 0 Å². The Morgan fingerprint density at radius 3 is 2.79 bits per heavy atom. The molecule has 0 aliphatic carbocycles. The number of aromatic carboxylic acids is 1. The molecule has 1 aromatic carbocycles. The highest BCUT2D eigenvalue weighted by Crippen LogP contribution is 2.19. The number of rotatable bonds is 3. The molecule has 0 amide bonds. The third-order valence-corrected chi connectivity index (χ3v) is 1.74. The van der Waals surface area contributed by atoms with Gasteiger partial charge in [-0.05, 0) is 30.7 Å². The quantitative estimate of drug-likeness (QED) is 0.590. The summed E-state index contributed by atoms with van der Waals surface area (Å²) in [7, 11) is 1.50. The standard InChI is InChI=1S/C10H11NO3/c1-7-5-8(10(12)13)3-4-9(7)11-6-14-2/h3-6H,1-2H3,(H,12,13). The van der Waals surface area contributed by atoms with Crippen molar-refractivity contribution in [3.05, 3.63) is 29.3 Å². The predicted octanol–water partition coefficient (Wildman–Crippen LogP) is 2.00. The Morgan fingerprint density at radius 1 is 1.57 bits per heavy atom. The lowest BCUT2D eigenvalue weighted by molar-refractivity contribution is 0.0697. The van der Waals surface area contributed by atoms with Crippen LogP contribution in [0.5, 0.6) is 0 Å². The summed E-state index contributed by atoms with van der Waals surface area (Å²) in [4.78, 5) is 14.6. The zero-order valence-electron chi connectivity index (χ0n) is 8.02. The average Bonchev–Trinajstić information content (AvgIpc) is 2.15. The van der Waals surface area contributed by atoms with Crippen LogP contribution in [0.1, 0.15) is 15.9 Å². The minimum Gasteiger partial charge on any atom is -0.486 e. The average molecular weight is 193 g/mol. The molecule has 0 aliphatic heterocycles. The maximum absolute atomic E-state index is 10.6. The minimum absolute atomic E-state index is 0.263. The number of carboxylic acids is 1. The lowest BCUT2D eigenvalue weighted by atomic mass is 10.1. The van der Waals surface area contributed by atoms with Gasteiger partial charge in [-0.15, -0.1) is 0 Å². The van der Waals surface area contributed by atoms with Crippen LogP contribution in [-0.4, -0.2) is 24.6 Å². The number of hydrogen-bond donors (Lipinski definition) is 1. The van der Waals surface area contributed by atoms with Crippen molar-refractivity contribution in [2.75, 3.05) is 7.11 Å². The van der Waals surface area contributed by atoms with E-state index in [0.29, 0.717) is 5.69 Å². The van der Waals surface area contributed by atoms with Crippen LogP contribution < -0.4 is 0 Å². The van der Waals surface area contributed by atoms with Crippen molar-refractivity contribution in [1.29, 1.82) is 0 Å². The molecule has 0 saturated carbocycles. The zero-order valence-corrected chi connectivity index (χ0v) is 8.02. The summed E-state index contributed by atoms with van der Waals surface area (Å²) < 4.78 is 4.67. The van der Waals surface area contributed by atoms with Gasteiger partial charge in [-0.3, -0.25) is 0 Å². The second kappa shape index (κ2) is 4.41. The van der Waals surface area contributed by atoms with Crippen molar-refractivity contribution in [1.82, 2.24) is 0 Å². The van der Waals surface area contributed by atoms with Gasteiger partial charge < -0.3 is 9.84 Å². The van der Waals surface area contributed by atoms with Crippen molar-refractivity contribution in [2.24, 2.45) is 4.99 Å². The number of carboxylic acid groups (broad SMARTS) is 1. The summed E-state index contributed by atoms with van der Waals surface area (Å²) in [6.07, 6.45) is 1.31. The van der Waals surface area contributed by atoms with E-state index in [1.807, 2.05) is 0 Å². The van der Waals surface area contributed by atoms with Crippen LogP contribution in [0.4, 0.5) is 5.69 Å². The zero-order chi connectivity index (χ0) is 10.6. The Hall–Kier alpha value is -1.84. The first-order chi connectivity index (χ1) is 6.65. The molecule has 0 heterocycles. The Labute approximate surface area is 81.9 Å². The Morgan fingerprint density at radius 2 is 2.29 bits per heavy atom. The number of nitrogens with zero attached hydrogens (tertiary/aromatic N) is 1. The molecule has 1 rings (SSSR count). The molecule has 4 heteroatoms. The first-order valence-electron chi connectivity index (χ1n) is 4.04. The fourth-order valence-electron chi connectivity index (χ4n) is 1.04. The molecule has 74 valence electrons. The predicted molar refractivity (Wildman–Crippen MR) is 53.3 cm³/mol. The van der Waals surface area contributed by atoms with Gasteiger partial charge in [-0.1, -0.05) is 0 Å². The Bertz CT molecular complexity index is 372. The maximum atomic E-state index is 10.6. The topological polar surface area (TPSA) is 58.9 Å². The van der Waals surface area contributed by atoms with Crippen molar-refractivity contribution >= 4 is 18.1 Å². The second-order valence-corrected chi connectivity index (χ2v) is 2.78. The van der Waals surface area contributed by atoms with Gasteiger partial charge in [0.1, 0.15) is 0 Å². The number of carbonyl (C=O) groups is 1. The van der Waals surface area contributed by atoms with E-state index in [2.05, 4.69) is 9.73 Å². The number of aryl methyl sites for hydroxylation is 1. The van der Waals surface area contributed by atoms with Crippen LogP contribution >= 0.6 is 0 Å². The first kappa shape index (κ1) is 10.2. The molecule has 0 aliphatic rings. The molecule has 14 heavy (non-hydrogen) atoms. The molecule has 0 radical (unpaired) electrons. The Kier molecular flexibility index (Phi) is 3.23. The van der Waals surface area contributed by atoms with Crippen LogP contribution in [0, 0.1) is 6.92 Å². The van der Waals surface area contributed by atoms with Crippen LogP contribution in [-0.2, 0) is 4.74 Å². The molecule has 0 bridgehead atoms. The molecule has 1 N–H and O–H groups in total. The van der Waals surface area contributed by atoms with E-state index in [1.165, 1.54) is 19.6 Å². The lowest BCUT2D eigenvalue weighted by Gasteiger charge is -2.00. The number of ether oxygens (including phenoxy) is 1. The van der Waals surface area contributed by atoms with Gasteiger partial charge >= 0.3 is 5.97 Å². The van der Waals surface area contributed by atoms with E-state index in [4.69, 9.17) is 5.11 Å².